The van der Waals surface area contributed by atoms with Gasteiger partial charge in [0.15, 0.2) is 0 Å². The van der Waals surface area contributed by atoms with Crippen LogP contribution in [0.2, 0.25) is 0 Å². The summed E-state index contributed by atoms with van der Waals surface area (Å²) in [5.74, 6) is -0.659. The average Bonchev–Trinajstić information content (AvgIpc) is 2.40. The quantitative estimate of drug-likeness (QED) is 0.785. The van der Waals surface area contributed by atoms with E-state index in [0.717, 1.165) is 0 Å². The van der Waals surface area contributed by atoms with E-state index < -0.39 is 18.6 Å². The molecule has 0 saturated carbocycles. The van der Waals surface area contributed by atoms with Crippen molar-refractivity contribution in [1.29, 1.82) is 0 Å². The van der Waals surface area contributed by atoms with Gasteiger partial charge in [0.1, 0.15) is 5.75 Å². The van der Waals surface area contributed by atoms with Gasteiger partial charge in [-0.15, -0.1) is 0 Å². The Labute approximate surface area is 128 Å². The molecule has 21 heavy (non-hydrogen) atoms. The Kier molecular flexibility index (Phi) is 5.24. The van der Waals surface area contributed by atoms with E-state index in [1.165, 1.54) is 6.07 Å². The summed E-state index contributed by atoms with van der Waals surface area (Å²) >= 11 is 3.25. The van der Waals surface area contributed by atoms with Gasteiger partial charge in [0, 0.05) is 23.0 Å². The molecule has 1 aromatic rings. The molecule has 1 heterocycles. The Balaban J connectivity index is 2.03. The van der Waals surface area contributed by atoms with Crippen molar-refractivity contribution in [2.75, 3.05) is 0 Å². The SMILES string of the molecule is O=C1CCC(NCc2cc(Br)ccc2OC(F)F)C(=O)N1. The Morgan fingerprint density at radius 3 is 2.86 bits per heavy atom. The lowest BCUT2D eigenvalue weighted by molar-refractivity contribution is -0.134. The maximum Gasteiger partial charge on any atom is 0.387 e. The zero-order valence-electron chi connectivity index (χ0n) is 10.9. The Bertz CT molecular complexity index is 554. The van der Waals surface area contributed by atoms with Gasteiger partial charge in [0.2, 0.25) is 11.8 Å². The van der Waals surface area contributed by atoms with E-state index in [0.29, 0.717) is 16.5 Å². The molecule has 1 saturated heterocycles. The number of halogens is 3. The monoisotopic (exact) mass is 362 g/mol. The highest BCUT2D eigenvalue weighted by atomic mass is 79.9. The molecule has 8 heteroatoms. The van der Waals surface area contributed by atoms with E-state index in [4.69, 9.17) is 0 Å². The lowest BCUT2D eigenvalue weighted by Gasteiger charge is -2.22. The molecule has 1 aliphatic heterocycles. The number of hydrogen-bond donors (Lipinski definition) is 2. The van der Waals surface area contributed by atoms with E-state index in [9.17, 15) is 18.4 Å². The highest BCUT2D eigenvalue weighted by Crippen LogP contribution is 2.25. The van der Waals surface area contributed by atoms with Crippen molar-refractivity contribution in [3.8, 4) is 5.75 Å². The number of nitrogens with one attached hydrogen (secondary N) is 2. The second kappa shape index (κ2) is 6.95. The number of imide groups is 1. The number of alkyl halides is 2. The summed E-state index contributed by atoms with van der Waals surface area (Å²) in [6, 6.07) is 4.13. The molecule has 1 aliphatic rings. The first-order chi connectivity index (χ1) is 9.95. The third kappa shape index (κ3) is 4.47. The summed E-state index contributed by atoms with van der Waals surface area (Å²) in [6.07, 6.45) is 0.631. The van der Waals surface area contributed by atoms with Crippen molar-refractivity contribution in [2.45, 2.75) is 32.0 Å². The van der Waals surface area contributed by atoms with Crippen LogP contribution in [0.15, 0.2) is 22.7 Å². The van der Waals surface area contributed by atoms with Crippen LogP contribution in [0.25, 0.3) is 0 Å². The average molecular weight is 363 g/mol. The molecule has 5 nitrogen and oxygen atoms in total. The molecule has 0 aliphatic carbocycles. The van der Waals surface area contributed by atoms with E-state index in [2.05, 4.69) is 31.3 Å². The zero-order valence-corrected chi connectivity index (χ0v) is 12.5. The van der Waals surface area contributed by atoms with E-state index in [1.807, 2.05) is 0 Å². The second-order valence-electron chi connectivity index (χ2n) is 4.52. The first kappa shape index (κ1) is 15.8. The fourth-order valence-electron chi connectivity index (χ4n) is 2.02. The van der Waals surface area contributed by atoms with Crippen LogP contribution in [0.3, 0.4) is 0 Å². The summed E-state index contributed by atoms with van der Waals surface area (Å²) in [6.45, 7) is -2.74. The van der Waals surface area contributed by atoms with Gasteiger partial charge in [-0.2, -0.15) is 8.78 Å². The third-order valence-corrected chi connectivity index (χ3v) is 3.51. The summed E-state index contributed by atoms with van der Waals surface area (Å²) in [7, 11) is 0. The van der Waals surface area contributed by atoms with Crippen LogP contribution >= 0.6 is 15.9 Å². The predicted octanol–water partition coefficient (Wildman–Crippen LogP) is 1.95. The van der Waals surface area contributed by atoms with E-state index in [1.54, 1.807) is 12.1 Å². The van der Waals surface area contributed by atoms with Gasteiger partial charge in [-0.05, 0) is 24.6 Å². The minimum Gasteiger partial charge on any atom is -0.434 e. The number of piperidine rings is 1. The molecular formula is C13H13BrF2N2O3. The molecule has 0 bridgehead atoms. The van der Waals surface area contributed by atoms with Crippen molar-refractivity contribution in [3.63, 3.8) is 0 Å². The van der Waals surface area contributed by atoms with Crippen molar-refractivity contribution < 1.29 is 23.1 Å². The van der Waals surface area contributed by atoms with Gasteiger partial charge < -0.3 is 10.1 Å². The van der Waals surface area contributed by atoms with Crippen molar-refractivity contribution >= 4 is 27.7 Å². The molecule has 1 aromatic carbocycles. The van der Waals surface area contributed by atoms with Crippen LogP contribution in [-0.4, -0.2) is 24.5 Å². The first-order valence-corrected chi connectivity index (χ1v) is 7.05. The minimum absolute atomic E-state index is 0.0491. The minimum atomic E-state index is -2.92. The lowest BCUT2D eigenvalue weighted by Crippen LogP contribution is -2.50. The summed E-state index contributed by atoms with van der Waals surface area (Å²) in [4.78, 5) is 22.6. The number of benzene rings is 1. The Hall–Kier alpha value is -1.54. The van der Waals surface area contributed by atoms with Crippen LogP contribution in [-0.2, 0) is 16.1 Å². The summed E-state index contributed by atoms with van der Waals surface area (Å²) in [5.41, 5.74) is 0.495. The molecular weight excluding hydrogens is 350 g/mol. The molecule has 2 N–H and O–H groups in total. The fraction of sp³-hybridized carbons (Fsp3) is 0.385. The highest BCUT2D eigenvalue weighted by Gasteiger charge is 2.26. The number of ether oxygens (including phenoxy) is 1. The molecule has 2 amide bonds. The highest BCUT2D eigenvalue weighted by molar-refractivity contribution is 9.10. The van der Waals surface area contributed by atoms with Crippen LogP contribution in [0.4, 0.5) is 8.78 Å². The molecule has 114 valence electrons. The molecule has 1 fully saturated rings. The van der Waals surface area contributed by atoms with Crippen molar-refractivity contribution in [2.24, 2.45) is 0 Å². The summed E-state index contributed by atoms with van der Waals surface area (Å²) < 4.78 is 29.8. The van der Waals surface area contributed by atoms with E-state index in [-0.39, 0.29) is 24.6 Å². The van der Waals surface area contributed by atoms with Gasteiger partial charge in [-0.25, -0.2) is 0 Å². The first-order valence-electron chi connectivity index (χ1n) is 6.26. The topological polar surface area (TPSA) is 67.4 Å². The van der Waals surface area contributed by atoms with Gasteiger partial charge in [0.05, 0.1) is 6.04 Å². The number of hydrogen-bond acceptors (Lipinski definition) is 4. The molecule has 0 radical (unpaired) electrons. The number of amides is 2. The van der Waals surface area contributed by atoms with Crippen LogP contribution < -0.4 is 15.4 Å². The van der Waals surface area contributed by atoms with Gasteiger partial charge in [0.25, 0.3) is 0 Å². The Morgan fingerprint density at radius 2 is 2.19 bits per heavy atom. The van der Waals surface area contributed by atoms with Gasteiger partial charge in [-0.3, -0.25) is 14.9 Å². The van der Waals surface area contributed by atoms with Crippen LogP contribution in [0.1, 0.15) is 18.4 Å². The predicted molar refractivity (Wildman–Crippen MR) is 73.8 cm³/mol. The summed E-state index contributed by atoms with van der Waals surface area (Å²) in [5, 5.41) is 5.16. The number of rotatable bonds is 5. The van der Waals surface area contributed by atoms with Crippen LogP contribution in [0.5, 0.6) is 5.75 Å². The molecule has 0 aromatic heterocycles. The third-order valence-electron chi connectivity index (χ3n) is 3.02. The standard InChI is InChI=1S/C13H13BrF2N2O3/c14-8-1-3-10(21-13(15)16)7(5-8)6-17-9-2-4-11(19)18-12(9)20/h1,3,5,9,13,17H,2,4,6H2,(H,18,19,20). The van der Waals surface area contributed by atoms with Crippen molar-refractivity contribution in [1.82, 2.24) is 10.6 Å². The maximum atomic E-state index is 12.3. The molecule has 1 atom stereocenters. The van der Waals surface area contributed by atoms with Crippen molar-refractivity contribution in [3.05, 3.63) is 28.2 Å². The lowest BCUT2D eigenvalue weighted by atomic mass is 10.1. The molecule has 1 unspecified atom stereocenters. The smallest absolute Gasteiger partial charge is 0.387 e. The molecule has 2 rings (SSSR count). The normalized spacial score (nSPS) is 18.8. The number of carbonyl (C=O) groups excluding carboxylic acids is 2. The van der Waals surface area contributed by atoms with E-state index >= 15 is 0 Å². The van der Waals surface area contributed by atoms with Gasteiger partial charge in [-0.1, -0.05) is 15.9 Å². The fourth-order valence-corrected chi connectivity index (χ4v) is 2.43. The van der Waals surface area contributed by atoms with Gasteiger partial charge >= 0.3 is 6.61 Å². The van der Waals surface area contributed by atoms with Crippen LogP contribution in [0, 0.1) is 0 Å². The molecule has 0 spiro atoms. The maximum absolute atomic E-state index is 12.3. The largest absolute Gasteiger partial charge is 0.434 e. The number of carbonyl (C=O) groups is 2. The second-order valence-corrected chi connectivity index (χ2v) is 5.43. The Morgan fingerprint density at radius 1 is 1.43 bits per heavy atom. The zero-order chi connectivity index (χ0) is 15.4.